The summed E-state index contributed by atoms with van der Waals surface area (Å²) in [6.07, 6.45) is 5.41. The van der Waals surface area contributed by atoms with Crippen LogP contribution in [0.1, 0.15) is 64.0 Å². The van der Waals surface area contributed by atoms with Gasteiger partial charge in [0.2, 0.25) is 5.91 Å². The van der Waals surface area contributed by atoms with Crippen LogP contribution in [0.15, 0.2) is 29.3 Å². The van der Waals surface area contributed by atoms with Crippen molar-refractivity contribution in [3.63, 3.8) is 0 Å². The molecule has 1 heterocycles. The van der Waals surface area contributed by atoms with Crippen LogP contribution in [0.4, 0.5) is 0 Å². The number of likely N-dealkylation sites (tertiary alicyclic amines) is 1. The second kappa shape index (κ2) is 15.5. The number of hydrogen-bond acceptors (Lipinski definition) is 3. The van der Waals surface area contributed by atoms with Gasteiger partial charge in [0.15, 0.2) is 5.96 Å². The van der Waals surface area contributed by atoms with Crippen molar-refractivity contribution in [2.75, 3.05) is 26.2 Å². The SMILES string of the molecule is CCNC(=NCc1ccc(CN2CCCCC2)cc1)NCCC(=O)NC(C)CC.I. The molecule has 1 atom stereocenters. The average Bonchev–Trinajstić information content (AvgIpc) is 2.73. The van der Waals surface area contributed by atoms with Gasteiger partial charge >= 0.3 is 0 Å². The maximum Gasteiger partial charge on any atom is 0.221 e. The second-order valence-electron chi connectivity index (χ2n) is 7.90. The van der Waals surface area contributed by atoms with E-state index < -0.39 is 0 Å². The summed E-state index contributed by atoms with van der Waals surface area (Å²) in [6.45, 7) is 11.6. The number of amides is 1. The first-order valence-electron chi connectivity index (χ1n) is 11.2. The number of halogens is 1. The Morgan fingerprint density at radius 3 is 2.37 bits per heavy atom. The highest BCUT2D eigenvalue weighted by atomic mass is 127. The number of benzene rings is 1. The molecular formula is C23H40IN5O. The molecule has 3 N–H and O–H groups in total. The lowest BCUT2D eigenvalue weighted by Gasteiger charge is -2.26. The maximum absolute atomic E-state index is 11.9. The predicted molar refractivity (Wildman–Crippen MR) is 136 cm³/mol. The Bertz CT molecular complexity index is 629. The molecule has 1 unspecified atom stereocenters. The summed E-state index contributed by atoms with van der Waals surface area (Å²) in [4.78, 5) is 19.1. The van der Waals surface area contributed by atoms with E-state index in [-0.39, 0.29) is 35.9 Å². The second-order valence-corrected chi connectivity index (χ2v) is 7.90. The highest BCUT2D eigenvalue weighted by molar-refractivity contribution is 14.0. The van der Waals surface area contributed by atoms with Crippen LogP contribution < -0.4 is 16.0 Å². The fraction of sp³-hybridized carbons (Fsp3) is 0.652. The fourth-order valence-corrected chi connectivity index (χ4v) is 3.38. The van der Waals surface area contributed by atoms with Gasteiger partial charge in [0.05, 0.1) is 6.54 Å². The molecule has 1 fully saturated rings. The van der Waals surface area contributed by atoms with Crippen molar-refractivity contribution in [1.82, 2.24) is 20.9 Å². The predicted octanol–water partition coefficient (Wildman–Crippen LogP) is 3.65. The number of guanidine groups is 1. The summed E-state index contributed by atoms with van der Waals surface area (Å²) in [5.41, 5.74) is 2.57. The quantitative estimate of drug-likeness (QED) is 0.246. The van der Waals surface area contributed by atoms with Crippen molar-refractivity contribution in [2.45, 2.75) is 72.0 Å². The van der Waals surface area contributed by atoms with Crippen molar-refractivity contribution < 1.29 is 4.79 Å². The largest absolute Gasteiger partial charge is 0.357 e. The van der Waals surface area contributed by atoms with Gasteiger partial charge in [-0.2, -0.15) is 0 Å². The van der Waals surface area contributed by atoms with Crippen LogP contribution in [0.25, 0.3) is 0 Å². The molecule has 0 aliphatic carbocycles. The molecule has 0 aromatic heterocycles. The number of nitrogens with zero attached hydrogens (tertiary/aromatic N) is 2. The molecule has 0 saturated carbocycles. The minimum absolute atomic E-state index is 0. The average molecular weight is 530 g/mol. The smallest absolute Gasteiger partial charge is 0.221 e. The zero-order valence-corrected chi connectivity index (χ0v) is 21.2. The minimum Gasteiger partial charge on any atom is -0.357 e. The van der Waals surface area contributed by atoms with Gasteiger partial charge < -0.3 is 16.0 Å². The monoisotopic (exact) mass is 529 g/mol. The third-order valence-corrected chi connectivity index (χ3v) is 5.31. The van der Waals surface area contributed by atoms with E-state index in [9.17, 15) is 4.79 Å². The Hall–Kier alpha value is -1.35. The van der Waals surface area contributed by atoms with Crippen LogP contribution in [0, 0.1) is 0 Å². The van der Waals surface area contributed by atoms with Gasteiger partial charge in [-0.1, -0.05) is 37.6 Å². The molecule has 1 aromatic rings. The fourth-order valence-electron chi connectivity index (χ4n) is 3.38. The van der Waals surface area contributed by atoms with E-state index in [1.165, 1.54) is 43.5 Å². The van der Waals surface area contributed by atoms with Crippen LogP contribution in [-0.2, 0) is 17.9 Å². The van der Waals surface area contributed by atoms with Crippen LogP contribution in [0.5, 0.6) is 0 Å². The van der Waals surface area contributed by atoms with Crippen molar-refractivity contribution in [3.8, 4) is 0 Å². The van der Waals surface area contributed by atoms with Crippen LogP contribution in [-0.4, -0.2) is 49.0 Å². The first kappa shape index (κ1) is 26.7. The van der Waals surface area contributed by atoms with Crippen molar-refractivity contribution >= 4 is 35.8 Å². The molecule has 2 rings (SSSR count). The molecule has 30 heavy (non-hydrogen) atoms. The summed E-state index contributed by atoms with van der Waals surface area (Å²) in [7, 11) is 0. The van der Waals surface area contributed by atoms with Gasteiger partial charge in [0.1, 0.15) is 0 Å². The number of aliphatic imine (C=N–C) groups is 1. The molecule has 1 aliphatic rings. The van der Waals surface area contributed by atoms with E-state index >= 15 is 0 Å². The number of carbonyl (C=O) groups excluding carboxylic acids is 1. The Morgan fingerprint density at radius 1 is 1.07 bits per heavy atom. The van der Waals surface area contributed by atoms with E-state index in [0.717, 1.165) is 25.5 Å². The van der Waals surface area contributed by atoms with Gasteiger partial charge in [0, 0.05) is 32.1 Å². The van der Waals surface area contributed by atoms with E-state index in [1.807, 2.05) is 13.8 Å². The van der Waals surface area contributed by atoms with Gasteiger partial charge in [-0.25, -0.2) is 4.99 Å². The molecule has 0 spiro atoms. The van der Waals surface area contributed by atoms with E-state index in [2.05, 4.69) is 57.0 Å². The Kier molecular flexibility index (Phi) is 13.7. The molecule has 7 heteroatoms. The van der Waals surface area contributed by atoms with Crippen molar-refractivity contribution in [1.29, 1.82) is 0 Å². The normalized spacial score (nSPS) is 15.8. The third kappa shape index (κ3) is 10.6. The molecular weight excluding hydrogens is 489 g/mol. The van der Waals surface area contributed by atoms with Gasteiger partial charge in [-0.15, -0.1) is 24.0 Å². The Balaban J connectivity index is 0.00000450. The molecule has 1 aromatic carbocycles. The zero-order chi connectivity index (χ0) is 20.9. The number of nitrogens with one attached hydrogen (secondary N) is 3. The summed E-state index contributed by atoms with van der Waals surface area (Å²) < 4.78 is 0. The number of hydrogen-bond donors (Lipinski definition) is 3. The highest BCUT2D eigenvalue weighted by Crippen LogP contribution is 2.14. The van der Waals surface area contributed by atoms with Crippen LogP contribution in [0.3, 0.4) is 0 Å². The first-order valence-corrected chi connectivity index (χ1v) is 11.2. The van der Waals surface area contributed by atoms with Gasteiger partial charge in [0.25, 0.3) is 0 Å². The topological polar surface area (TPSA) is 68.8 Å². The zero-order valence-electron chi connectivity index (χ0n) is 18.9. The van der Waals surface area contributed by atoms with Crippen molar-refractivity contribution in [3.05, 3.63) is 35.4 Å². The lowest BCUT2D eigenvalue weighted by atomic mass is 10.1. The number of piperidine rings is 1. The summed E-state index contributed by atoms with van der Waals surface area (Å²) in [5.74, 6) is 0.827. The Morgan fingerprint density at radius 2 is 1.73 bits per heavy atom. The number of rotatable bonds is 10. The highest BCUT2D eigenvalue weighted by Gasteiger charge is 2.10. The lowest BCUT2D eigenvalue weighted by Crippen LogP contribution is -2.40. The maximum atomic E-state index is 11.9. The first-order chi connectivity index (χ1) is 14.1. The van der Waals surface area contributed by atoms with Crippen LogP contribution in [0.2, 0.25) is 0 Å². The summed E-state index contributed by atoms with van der Waals surface area (Å²) >= 11 is 0. The molecule has 1 saturated heterocycles. The van der Waals surface area contributed by atoms with E-state index in [1.54, 1.807) is 0 Å². The van der Waals surface area contributed by atoms with E-state index in [4.69, 9.17) is 0 Å². The van der Waals surface area contributed by atoms with Crippen molar-refractivity contribution in [2.24, 2.45) is 4.99 Å². The van der Waals surface area contributed by atoms with E-state index in [0.29, 0.717) is 19.5 Å². The molecule has 6 nitrogen and oxygen atoms in total. The minimum atomic E-state index is 0. The molecule has 170 valence electrons. The standard InChI is InChI=1S/C23H39N5O.HI/c1-4-19(3)27-22(29)13-14-25-23(24-5-2)26-17-20-9-11-21(12-10-20)18-28-15-7-6-8-16-28;/h9-12,19H,4-8,13-18H2,1-3H3,(H,27,29)(H2,24,25,26);1H. The van der Waals surface area contributed by atoms with Gasteiger partial charge in [-0.3, -0.25) is 9.69 Å². The molecule has 0 bridgehead atoms. The molecule has 1 amide bonds. The molecule has 1 aliphatic heterocycles. The Labute approximate surface area is 199 Å². The molecule has 0 radical (unpaired) electrons. The summed E-state index contributed by atoms with van der Waals surface area (Å²) in [6, 6.07) is 9.01. The lowest BCUT2D eigenvalue weighted by molar-refractivity contribution is -0.121. The van der Waals surface area contributed by atoms with Crippen LogP contribution >= 0.6 is 24.0 Å². The third-order valence-electron chi connectivity index (χ3n) is 5.31. The summed E-state index contributed by atoms with van der Waals surface area (Å²) in [5, 5.41) is 9.48. The number of carbonyl (C=O) groups is 1. The van der Waals surface area contributed by atoms with Gasteiger partial charge in [-0.05, 0) is 57.3 Å².